The molecular formula is C41H28Cl8Zr. The smallest absolute Gasteiger partial charge is 1.00 e. The molecule has 2 aliphatic rings. The fraction of sp³-hybridized carbons (Fsp3) is 0.0976. The van der Waals surface area contributed by atoms with Gasteiger partial charge in [0.2, 0.25) is 0 Å². The SMILES string of the molecule is [CH2]=[Zr+2]([C]1=CC=CC1)([c]1cccc(C(Cl)(Cl)Cl)c1)([c]1cccc(C(Cl)(Cl)Cl)c1)[CH]1c2ccccc2-c2c1c1ccccc1c1ccccc21.[Cl-].[Cl-]. The van der Waals surface area contributed by atoms with Crippen molar-refractivity contribution in [3.63, 3.8) is 0 Å². The van der Waals surface area contributed by atoms with Crippen molar-refractivity contribution < 1.29 is 43.1 Å². The van der Waals surface area contributed by atoms with E-state index in [-0.39, 0.29) is 28.4 Å². The Balaban J connectivity index is 0.00000216. The van der Waals surface area contributed by atoms with Gasteiger partial charge in [0.15, 0.2) is 0 Å². The molecule has 1 unspecified atom stereocenters. The van der Waals surface area contributed by atoms with E-state index < -0.39 is 25.9 Å². The first-order valence-electron chi connectivity index (χ1n) is 15.7. The standard InChI is InChI=1S/C21H13.2C7H4Cl3.C5H5.CH2.2ClH.Zr/c1-2-8-15-14(7-1)13-20-18-11-4-3-9-16(18)17-10-5-6-12-19(17)21(15)20;2*8-7(9,10)6-4-2-1-3-5-6;1-2-4-5-3-1;;;;/h1-13H;2*1-2,4-5H;1-3H,4H2;1H2;2*1H;/q;;;;;;;+2/p-2. The fourth-order valence-corrected chi connectivity index (χ4v) is 26.4. The molecule has 1 atom stereocenters. The summed E-state index contributed by atoms with van der Waals surface area (Å²) in [6, 6.07) is 42.5. The zero-order valence-corrected chi connectivity index (χ0v) is 34.8. The zero-order chi connectivity index (χ0) is 33.5. The van der Waals surface area contributed by atoms with Gasteiger partial charge in [-0.2, -0.15) is 0 Å². The topological polar surface area (TPSA) is 0 Å². The van der Waals surface area contributed by atoms with E-state index in [9.17, 15) is 0 Å². The Morgan fingerprint density at radius 3 is 1.62 bits per heavy atom. The fourth-order valence-electron chi connectivity index (χ4n) is 8.58. The van der Waals surface area contributed by atoms with Crippen LogP contribution in [-0.2, 0) is 25.9 Å². The second kappa shape index (κ2) is 13.7. The molecule has 0 aromatic heterocycles. The third-order valence-corrected chi connectivity index (χ3v) is 29.1. The predicted octanol–water partition coefficient (Wildman–Crippen LogP) is 6.34. The minimum absolute atomic E-state index is 0. The molecule has 0 bridgehead atoms. The average molecular weight is 896 g/mol. The van der Waals surface area contributed by atoms with E-state index in [1.165, 1.54) is 47.1 Å². The minimum atomic E-state index is -5.39. The first-order chi connectivity index (χ1) is 22.9. The molecule has 6 aromatic rings. The van der Waals surface area contributed by atoms with Crippen LogP contribution in [0.2, 0.25) is 0 Å². The molecule has 252 valence electrons. The Morgan fingerprint density at radius 1 is 0.580 bits per heavy atom. The van der Waals surface area contributed by atoms with Gasteiger partial charge in [-0.25, -0.2) is 0 Å². The molecule has 2 aliphatic carbocycles. The Kier molecular flexibility index (Phi) is 10.4. The molecular weight excluding hydrogens is 867 g/mol. The normalized spacial score (nSPS) is 15.2. The van der Waals surface area contributed by atoms with Crippen molar-refractivity contribution >= 4 is 102 Å². The summed E-state index contributed by atoms with van der Waals surface area (Å²) in [6.45, 7) is 0. The number of benzene rings is 6. The van der Waals surface area contributed by atoms with E-state index in [4.69, 9.17) is 73.8 Å². The van der Waals surface area contributed by atoms with Gasteiger partial charge in [0.25, 0.3) is 0 Å². The summed E-state index contributed by atoms with van der Waals surface area (Å²) >= 11 is 34.4. The van der Waals surface area contributed by atoms with Crippen molar-refractivity contribution in [3.8, 4) is 11.1 Å². The van der Waals surface area contributed by atoms with Gasteiger partial charge < -0.3 is 24.8 Å². The maximum Gasteiger partial charge on any atom is -1.00 e. The third-order valence-electron chi connectivity index (χ3n) is 10.6. The molecule has 0 amide bonds. The van der Waals surface area contributed by atoms with Crippen LogP contribution in [0.25, 0.3) is 32.7 Å². The number of halogens is 8. The van der Waals surface area contributed by atoms with Gasteiger partial charge in [-0.05, 0) is 0 Å². The predicted molar refractivity (Wildman–Crippen MR) is 208 cm³/mol. The molecule has 50 heavy (non-hydrogen) atoms. The second-order valence-electron chi connectivity index (χ2n) is 12.9. The Morgan fingerprint density at radius 2 is 1.08 bits per heavy atom. The van der Waals surface area contributed by atoms with E-state index in [1.807, 2.05) is 24.3 Å². The third kappa shape index (κ3) is 5.62. The summed E-state index contributed by atoms with van der Waals surface area (Å²) in [4.78, 5) is 0. The van der Waals surface area contributed by atoms with E-state index >= 15 is 0 Å². The van der Waals surface area contributed by atoms with Crippen LogP contribution >= 0.6 is 69.6 Å². The van der Waals surface area contributed by atoms with Gasteiger partial charge >= 0.3 is 314 Å². The van der Waals surface area contributed by atoms with Crippen molar-refractivity contribution in [2.45, 2.75) is 17.6 Å². The first kappa shape index (κ1) is 38.1. The maximum atomic E-state index is 6.64. The van der Waals surface area contributed by atoms with Crippen LogP contribution in [0, 0.1) is 0 Å². The van der Waals surface area contributed by atoms with Crippen molar-refractivity contribution in [2.75, 3.05) is 0 Å². The molecule has 0 radical (unpaired) electrons. The molecule has 8 rings (SSSR count). The summed E-state index contributed by atoms with van der Waals surface area (Å²) in [7, 11) is 0. The molecule has 0 N–H and O–H groups in total. The molecule has 0 saturated heterocycles. The minimum Gasteiger partial charge on any atom is -1.00 e. The van der Waals surface area contributed by atoms with Crippen LogP contribution in [0.5, 0.6) is 0 Å². The number of hydrogen-bond acceptors (Lipinski definition) is 0. The summed E-state index contributed by atoms with van der Waals surface area (Å²) in [6.07, 6.45) is 7.37. The van der Waals surface area contributed by atoms with Gasteiger partial charge in [0.1, 0.15) is 0 Å². The molecule has 6 aromatic carbocycles. The van der Waals surface area contributed by atoms with Crippen LogP contribution in [-0.4, -0.2) is 4.21 Å². The van der Waals surface area contributed by atoms with E-state index in [1.54, 1.807) is 0 Å². The van der Waals surface area contributed by atoms with Crippen LogP contribution < -0.4 is 31.4 Å². The van der Waals surface area contributed by atoms with Gasteiger partial charge in [-0.1, -0.05) is 0 Å². The number of rotatable bonds is 4. The summed E-state index contributed by atoms with van der Waals surface area (Å²) < 4.78 is 5.68. The van der Waals surface area contributed by atoms with Crippen LogP contribution in [0.1, 0.15) is 32.3 Å². The van der Waals surface area contributed by atoms with Crippen LogP contribution in [0.3, 0.4) is 0 Å². The monoisotopic (exact) mass is 890 g/mol. The molecule has 0 spiro atoms. The molecule has 0 saturated carbocycles. The van der Waals surface area contributed by atoms with Gasteiger partial charge in [-0.15, -0.1) is 0 Å². The van der Waals surface area contributed by atoms with Crippen molar-refractivity contribution in [1.82, 2.24) is 0 Å². The number of hydrogen-bond donors (Lipinski definition) is 0. The second-order valence-corrected chi connectivity index (χ2v) is 30.9. The maximum absolute atomic E-state index is 6.64. The molecule has 9 heteroatoms. The molecule has 0 nitrogen and oxygen atoms in total. The Labute approximate surface area is 335 Å². The largest absolute Gasteiger partial charge is 1.00 e. The molecule has 0 aliphatic heterocycles. The van der Waals surface area contributed by atoms with Gasteiger partial charge in [0, 0.05) is 0 Å². The first-order valence-corrected chi connectivity index (χ1v) is 24.8. The van der Waals surface area contributed by atoms with Gasteiger partial charge in [-0.3, -0.25) is 0 Å². The van der Waals surface area contributed by atoms with E-state index in [2.05, 4.69) is 115 Å². The number of alkyl halides is 6. The number of allylic oxidation sites excluding steroid dienone is 4. The number of fused-ring (bicyclic) bond motifs is 8. The average Bonchev–Trinajstić information content (AvgIpc) is 3.76. The van der Waals surface area contributed by atoms with Gasteiger partial charge in [0.05, 0.1) is 0 Å². The molecule has 0 heterocycles. The van der Waals surface area contributed by atoms with Crippen LogP contribution in [0.15, 0.2) is 143 Å². The van der Waals surface area contributed by atoms with Crippen molar-refractivity contribution in [2.24, 2.45) is 0 Å². The zero-order valence-electron chi connectivity index (χ0n) is 26.3. The van der Waals surface area contributed by atoms with Crippen LogP contribution in [0.4, 0.5) is 0 Å². The van der Waals surface area contributed by atoms with E-state index in [0.717, 1.165) is 13.0 Å². The summed E-state index contributed by atoms with van der Waals surface area (Å²) in [5.74, 6) is 0. The Hall–Kier alpha value is -1.61. The van der Waals surface area contributed by atoms with E-state index in [0.29, 0.717) is 11.1 Å². The summed E-state index contributed by atoms with van der Waals surface area (Å²) in [5, 5.41) is 4.85. The Bertz CT molecular complexity index is 2370. The van der Waals surface area contributed by atoms with Crippen molar-refractivity contribution in [1.29, 1.82) is 0 Å². The molecule has 0 fully saturated rings. The summed E-state index contributed by atoms with van der Waals surface area (Å²) in [5.41, 5.74) is 6.15. The van der Waals surface area contributed by atoms with Crippen molar-refractivity contribution in [3.05, 3.63) is 165 Å². The quantitative estimate of drug-likeness (QED) is 0.143.